The first kappa shape index (κ1) is 11.4. The van der Waals surface area contributed by atoms with Crippen LogP contribution in [0.3, 0.4) is 0 Å². The summed E-state index contributed by atoms with van der Waals surface area (Å²) in [4.78, 5) is 4.88. The Labute approximate surface area is 93.8 Å². The van der Waals surface area contributed by atoms with E-state index in [0.717, 1.165) is 12.0 Å². The molecule has 1 aliphatic carbocycles. The van der Waals surface area contributed by atoms with E-state index in [2.05, 4.69) is 29.2 Å². The van der Waals surface area contributed by atoms with Crippen molar-refractivity contribution >= 4 is 0 Å². The minimum absolute atomic E-state index is 0.876. The SMILES string of the molecule is CN(C)CCN1CCC(CNC2CC2)C1. The molecule has 1 atom stereocenters. The van der Waals surface area contributed by atoms with Crippen LogP contribution in [-0.4, -0.2) is 62.7 Å². The highest BCUT2D eigenvalue weighted by Gasteiger charge is 2.25. The molecule has 0 aromatic rings. The molecule has 1 saturated carbocycles. The second-order valence-corrected chi connectivity index (χ2v) is 5.44. The third kappa shape index (κ3) is 4.09. The van der Waals surface area contributed by atoms with E-state index in [-0.39, 0.29) is 0 Å². The van der Waals surface area contributed by atoms with Gasteiger partial charge in [0.1, 0.15) is 0 Å². The van der Waals surface area contributed by atoms with Crippen molar-refractivity contribution in [2.24, 2.45) is 5.92 Å². The van der Waals surface area contributed by atoms with Gasteiger partial charge in [0.2, 0.25) is 0 Å². The summed E-state index contributed by atoms with van der Waals surface area (Å²) in [5.41, 5.74) is 0. The fourth-order valence-corrected chi connectivity index (χ4v) is 2.24. The highest BCUT2D eigenvalue weighted by Crippen LogP contribution is 2.21. The van der Waals surface area contributed by atoms with E-state index < -0.39 is 0 Å². The Balaban J connectivity index is 1.56. The van der Waals surface area contributed by atoms with E-state index in [1.807, 2.05) is 0 Å². The molecule has 2 rings (SSSR count). The zero-order valence-electron chi connectivity index (χ0n) is 10.2. The first-order valence-electron chi connectivity index (χ1n) is 6.34. The van der Waals surface area contributed by atoms with Crippen molar-refractivity contribution in [3.8, 4) is 0 Å². The van der Waals surface area contributed by atoms with Gasteiger partial charge in [-0.25, -0.2) is 0 Å². The van der Waals surface area contributed by atoms with Gasteiger partial charge in [0.15, 0.2) is 0 Å². The van der Waals surface area contributed by atoms with E-state index in [9.17, 15) is 0 Å². The topological polar surface area (TPSA) is 18.5 Å². The molecule has 88 valence electrons. The predicted molar refractivity (Wildman–Crippen MR) is 64.1 cm³/mol. The summed E-state index contributed by atoms with van der Waals surface area (Å²) >= 11 is 0. The van der Waals surface area contributed by atoms with Crippen molar-refractivity contribution in [2.45, 2.75) is 25.3 Å². The van der Waals surface area contributed by atoms with E-state index in [4.69, 9.17) is 0 Å². The van der Waals surface area contributed by atoms with Crippen molar-refractivity contribution < 1.29 is 0 Å². The predicted octanol–water partition coefficient (Wildman–Crippen LogP) is 0.622. The quantitative estimate of drug-likeness (QED) is 0.695. The van der Waals surface area contributed by atoms with Gasteiger partial charge >= 0.3 is 0 Å². The molecule has 0 bridgehead atoms. The van der Waals surface area contributed by atoms with Gasteiger partial charge in [-0.2, -0.15) is 0 Å². The van der Waals surface area contributed by atoms with Gasteiger partial charge in [0, 0.05) is 25.7 Å². The second kappa shape index (κ2) is 5.28. The van der Waals surface area contributed by atoms with E-state index in [1.54, 1.807) is 0 Å². The van der Waals surface area contributed by atoms with E-state index in [1.165, 1.54) is 52.0 Å². The van der Waals surface area contributed by atoms with Gasteiger partial charge in [-0.05, 0) is 52.4 Å². The average molecular weight is 211 g/mol. The maximum absolute atomic E-state index is 3.65. The Kier molecular flexibility index (Phi) is 4.00. The molecule has 3 nitrogen and oxygen atoms in total. The van der Waals surface area contributed by atoms with Gasteiger partial charge in [-0.1, -0.05) is 0 Å². The van der Waals surface area contributed by atoms with Crippen LogP contribution in [0.4, 0.5) is 0 Å². The standard InChI is InChI=1S/C12H25N3/c1-14(2)7-8-15-6-5-11(10-15)9-13-12-3-4-12/h11-13H,3-10H2,1-2H3. The Morgan fingerprint density at radius 3 is 2.73 bits per heavy atom. The van der Waals surface area contributed by atoms with Crippen LogP contribution < -0.4 is 5.32 Å². The van der Waals surface area contributed by atoms with Gasteiger partial charge in [-0.15, -0.1) is 0 Å². The van der Waals surface area contributed by atoms with Gasteiger partial charge in [-0.3, -0.25) is 0 Å². The lowest BCUT2D eigenvalue weighted by atomic mass is 10.1. The molecule has 15 heavy (non-hydrogen) atoms. The molecule has 1 heterocycles. The Morgan fingerprint density at radius 2 is 2.07 bits per heavy atom. The van der Waals surface area contributed by atoms with Crippen LogP contribution in [0.5, 0.6) is 0 Å². The van der Waals surface area contributed by atoms with E-state index in [0.29, 0.717) is 0 Å². The van der Waals surface area contributed by atoms with Crippen molar-refractivity contribution in [3.63, 3.8) is 0 Å². The first-order valence-corrected chi connectivity index (χ1v) is 6.34. The number of nitrogens with one attached hydrogen (secondary N) is 1. The Bertz CT molecular complexity index is 177. The highest BCUT2D eigenvalue weighted by molar-refractivity contribution is 4.84. The fourth-order valence-electron chi connectivity index (χ4n) is 2.24. The minimum Gasteiger partial charge on any atom is -0.314 e. The third-order valence-electron chi connectivity index (χ3n) is 3.51. The van der Waals surface area contributed by atoms with Gasteiger partial charge < -0.3 is 15.1 Å². The molecule has 3 heteroatoms. The molecule has 2 aliphatic rings. The molecule has 0 radical (unpaired) electrons. The van der Waals surface area contributed by atoms with Crippen LogP contribution in [-0.2, 0) is 0 Å². The van der Waals surface area contributed by atoms with E-state index >= 15 is 0 Å². The number of hydrogen-bond acceptors (Lipinski definition) is 3. The van der Waals surface area contributed by atoms with Crippen LogP contribution in [0.2, 0.25) is 0 Å². The summed E-state index contributed by atoms with van der Waals surface area (Å²) in [5.74, 6) is 0.910. The normalized spacial score (nSPS) is 27.8. The maximum Gasteiger partial charge on any atom is 0.0109 e. The van der Waals surface area contributed by atoms with Gasteiger partial charge in [0.05, 0.1) is 0 Å². The summed E-state index contributed by atoms with van der Waals surface area (Å²) in [7, 11) is 4.31. The van der Waals surface area contributed by atoms with Crippen molar-refractivity contribution in [1.29, 1.82) is 0 Å². The number of hydrogen-bond donors (Lipinski definition) is 1. The van der Waals surface area contributed by atoms with Crippen LogP contribution in [0, 0.1) is 5.92 Å². The molecular formula is C12H25N3. The lowest BCUT2D eigenvalue weighted by molar-refractivity contribution is 0.274. The minimum atomic E-state index is 0.876. The second-order valence-electron chi connectivity index (χ2n) is 5.44. The smallest absolute Gasteiger partial charge is 0.0109 e. The number of nitrogens with zero attached hydrogens (tertiary/aromatic N) is 2. The maximum atomic E-state index is 3.65. The molecule has 1 unspecified atom stereocenters. The monoisotopic (exact) mass is 211 g/mol. The largest absolute Gasteiger partial charge is 0.314 e. The van der Waals surface area contributed by atoms with Crippen LogP contribution in [0.15, 0.2) is 0 Å². The summed E-state index contributed by atoms with van der Waals surface area (Å²) in [6.07, 6.45) is 4.22. The molecule has 1 N–H and O–H groups in total. The molecule has 1 saturated heterocycles. The lowest BCUT2D eigenvalue weighted by Gasteiger charge is -2.18. The molecule has 0 aromatic heterocycles. The Hall–Kier alpha value is -0.120. The van der Waals surface area contributed by atoms with Gasteiger partial charge in [0.25, 0.3) is 0 Å². The van der Waals surface area contributed by atoms with Crippen LogP contribution in [0.25, 0.3) is 0 Å². The van der Waals surface area contributed by atoms with Crippen molar-refractivity contribution in [2.75, 3.05) is 46.8 Å². The molecule has 0 spiro atoms. The number of rotatable bonds is 6. The number of likely N-dealkylation sites (N-methyl/N-ethyl adjacent to an activating group) is 1. The zero-order valence-corrected chi connectivity index (χ0v) is 10.2. The van der Waals surface area contributed by atoms with Crippen molar-refractivity contribution in [1.82, 2.24) is 15.1 Å². The summed E-state index contributed by atoms with van der Waals surface area (Å²) in [5, 5.41) is 3.65. The summed E-state index contributed by atoms with van der Waals surface area (Å²) in [6.45, 7) is 6.32. The molecule has 2 fully saturated rings. The summed E-state index contributed by atoms with van der Waals surface area (Å²) in [6, 6.07) is 0.876. The number of likely N-dealkylation sites (tertiary alicyclic amines) is 1. The average Bonchev–Trinajstić information content (AvgIpc) is 2.92. The fraction of sp³-hybridized carbons (Fsp3) is 1.00. The van der Waals surface area contributed by atoms with Crippen LogP contribution in [0.1, 0.15) is 19.3 Å². The molecule has 0 aromatic carbocycles. The molecule has 0 amide bonds. The lowest BCUT2D eigenvalue weighted by Crippen LogP contribution is -2.31. The molecule has 1 aliphatic heterocycles. The van der Waals surface area contributed by atoms with Crippen molar-refractivity contribution in [3.05, 3.63) is 0 Å². The zero-order chi connectivity index (χ0) is 10.7. The van der Waals surface area contributed by atoms with Crippen LogP contribution >= 0.6 is 0 Å². The first-order chi connectivity index (χ1) is 7.24. The molecular weight excluding hydrogens is 186 g/mol. The Morgan fingerprint density at radius 1 is 1.27 bits per heavy atom. The summed E-state index contributed by atoms with van der Waals surface area (Å²) < 4.78 is 0. The third-order valence-corrected chi connectivity index (χ3v) is 3.51. The highest BCUT2D eigenvalue weighted by atomic mass is 15.2.